The number of hydrogen-bond donors (Lipinski definition) is 2. The van der Waals surface area contributed by atoms with Gasteiger partial charge >= 0.3 is 6.03 Å². The van der Waals surface area contributed by atoms with Gasteiger partial charge in [0.2, 0.25) is 0 Å². The Kier molecular flexibility index (Phi) is 6.50. The average Bonchev–Trinajstić information content (AvgIpc) is 3.22. The van der Waals surface area contributed by atoms with Gasteiger partial charge in [0.25, 0.3) is 0 Å². The lowest BCUT2D eigenvalue weighted by Gasteiger charge is -2.29. The van der Waals surface area contributed by atoms with E-state index in [0.717, 1.165) is 30.0 Å². The summed E-state index contributed by atoms with van der Waals surface area (Å²) in [6.45, 7) is 3.18. The molecule has 5 nitrogen and oxygen atoms in total. The fourth-order valence-corrected chi connectivity index (χ4v) is 3.46. The lowest BCUT2D eigenvalue weighted by atomic mass is 10.0. The second-order valence-electron chi connectivity index (χ2n) is 6.55. The maximum absolute atomic E-state index is 12.2. The van der Waals surface area contributed by atoms with Crippen molar-refractivity contribution in [2.24, 2.45) is 0 Å². The number of benzene rings is 2. The van der Waals surface area contributed by atoms with Gasteiger partial charge in [0.05, 0.1) is 13.2 Å². The number of nitrogens with one attached hydrogen (secondary N) is 2. The van der Waals surface area contributed by atoms with E-state index in [1.165, 1.54) is 12.8 Å². The first-order chi connectivity index (χ1) is 12.8. The molecule has 2 aromatic rings. The molecular weight excluding hydrogens is 326 g/mol. The van der Waals surface area contributed by atoms with E-state index in [4.69, 9.17) is 4.74 Å². The number of para-hydroxylation sites is 1. The van der Waals surface area contributed by atoms with Gasteiger partial charge in [-0.25, -0.2) is 4.79 Å². The third kappa shape index (κ3) is 4.76. The molecule has 1 heterocycles. The maximum atomic E-state index is 12.2. The van der Waals surface area contributed by atoms with Crippen LogP contribution >= 0.6 is 0 Å². The van der Waals surface area contributed by atoms with Crippen molar-refractivity contribution in [1.29, 1.82) is 0 Å². The van der Waals surface area contributed by atoms with Crippen LogP contribution in [0.15, 0.2) is 54.6 Å². The Morgan fingerprint density at radius 3 is 2.46 bits per heavy atom. The van der Waals surface area contributed by atoms with Crippen LogP contribution in [-0.2, 0) is 6.54 Å². The average molecular weight is 353 g/mol. The van der Waals surface area contributed by atoms with Gasteiger partial charge in [-0.05, 0) is 37.6 Å². The zero-order valence-corrected chi connectivity index (χ0v) is 15.3. The van der Waals surface area contributed by atoms with Gasteiger partial charge < -0.3 is 15.4 Å². The van der Waals surface area contributed by atoms with Crippen LogP contribution in [0.2, 0.25) is 0 Å². The van der Waals surface area contributed by atoms with E-state index in [1.807, 2.05) is 48.5 Å². The predicted molar refractivity (Wildman–Crippen MR) is 103 cm³/mol. The molecule has 138 valence electrons. The van der Waals surface area contributed by atoms with E-state index in [2.05, 4.69) is 21.6 Å². The van der Waals surface area contributed by atoms with Crippen molar-refractivity contribution in [1.82, 2.24) is 15.5 Å². The molecule has 2 amide bonds. The van der Waals surface area contributed by atoms with E-state index >= 15 is 0 Å². The van der Waals surface area contributed by atoms with Gasteiger partial charge in [0, 0.05) is 18.7 Å². The van der Waals surface area contributed by atoms with Crippen molar-refractivity contribution in [3.8, 4) is 5.75 Å². The van der Waals surface area contributed by atoms with E-state index in [0.29, 0.717) is 13.1 Å². The minimum absolute atomic E-state index is 0.121. The lowest BCUT2D eigenvalue weighted by Crippen LogP contribution is -2.41. The van der Waals surface area contributed by atoms with E-state index in [-0.39, 0.29) is 12.1 Å². The molecule has 2 N–H and O–H groups in total. The van der Waals surface area contributed by atoms with Crippen LogP contribution in [0.4, 0.5) is 4.79 Å². The molecule has 0 aromatic heterocycles. The number of carbonyl (C=O) groups excluding carboxylic acids is 1. The van der Waals surface area contributed by atoms with E-state index < -0.39 is 0 Å². The topological polar surface area (TPSA) is 53.6 Å². The van der Waals surface area contributed by atoms with Gasteiger partial charge in [-0.3, -0.25) is 4.90 Å². The highest BCUT2D eigenvalue weighted by Gasteiger charge is 2.26. The third-order valence-electron chi connectivity index (χ3n) is 4.83. The van der Waals surface area contributed by atoms with E-state index in [9.17, 15) is 4.79 Å². The molecule has 1 aliphatic rings. The van der Waals surface area contributed by atoms with Crippen LogP contribution in [0.1, 0.15) is 30.0 Å². The molecule has 0 saturated carbocycles. The molecular formula is C21H27N3O2. The second kappa shape index (κ2) is 9.25. The molecule has 0 aliphatic carbocycles. The third-order valence-corrected chi connectivity index (χ3v) is 4.83. The SMILES string of the molecule is COc1ccccc1C(CNC(=O)NCc1ccccc1)N1CCCC1. The molecule has 2 aromatic carbocycles. The van der Waals surface area contributed by atoms with Crippen molar-refractivity contribution >= 4 is 6.03 Å². The highest BCUT2D eigenvalue weighted by molar-refractivity contribution is 5.73. The number of likely N-dealkylation sites (tertiary alicyclic amines) is 1. The molecule has 26 heavy (non-hydrogen) atoms. The Hall–Kier alpha value is -2.53. The summed E-state index contributed by atoms with van der Waals surface area (Å²) in [4.78, 5) is 14.7. The summed E-state index contributed by atoms with van der Waals surface area (Å²) >= 11 is 0. The summed E-state index contributed by atoms with van der Waals surface area (Å²) in [6, 6.07) is 18.0. The van der Waals surface area contributed by atoms with Crippen molar-refractivity contribution < 1.29 is 9.53 Å². The summed E-state index contributed by atoms with van der Waals surface area (Å²) in [5.41, 5.74) is 2.21. The number of nitrogens with zero attached hydrogens (tertiary/aromatic N) is 1. The number of ether oxygens (including phenoxy) is 1. The van der Waals surface area contributed by atoms with Crippen LogP contribution < -0.4 is 15.4 Å². The predicted octanol–water partition coefficient (Wildman–Crippen LogP) is 3.33. The smallest absolute Gasteiger partial charge is 0.315 e. The number of methoxy groups -OCH3 is 1. The van der Waals surface area contributed by atoms with Gasteiger partial charge in [-0.15, -0.1) is 0 Å². The molecule has 1 unspecified atom stereocenters. The summed E-state index contributed by atoms with van der Waals surface area (Å²) < 4.78 is 5.54. The molecule has 3 rings (SSSR count). The number of hydrogen-bond acceptors (Lipinski definition) is 3. The molecule has 0 spiro atoms. The first-order valence-corrected chi connectivity index (χ1v) is 9.20. The molecule has 1 saturated heterocycles. The molecule has 1 aliphatic heterocycles. The Morgan fingerprint density at radius 2 is 1.73 bits per heavy atom. The minimum Gasteiger partial charge on any atom is -0.496 e. The highest BCUT2D eigenvalue weighted by atomic mass is 16.5. The Labute approximate surface area is 155 Å². The van der Waals surface area contributed by atoms with Crippen molar-refractivity contribution in [3.05, 3.63) is 65.7 Å². The van der Waals surface area contributed by atoms with Gasteiger partial charge in [0.15, 0.2) is 0 Å². The van der Waals surface area contributed by atoms with Crippen LogP contribution in [0, 0.1) is 0 Å². The molecule has 0 bridgehead atoms. The monoisotopic (exact) mass is 353 g/mol. The second-order valence-corrected chi connectivity index (χ2v) is 6.55. The normalized spacial score (nSPS) is 15.4. The van der Waals surface area contributed by atoms with Crippen LogP contribution in [-0.4, -0.2) is 37.7 Å². The van der Waals surface area contributed by atoms with E-state index in [1.54, 1.807) is 7.11 Å². The largest absolute Gasteiger partial charge is 0.496 e. The molecule has 5 heteroatoms. The van der Waals surface area contributed by atoms with Crippen LogP contribution in [0.3, 0.4) is 0 Å². The van der Waals surface area contributed by atoms with Gasteiger partial charge in [-0.2, -0.15) is 0 Å². The van der Waals surface area contributed by atoms with Crippen LogP contribution in [0.25, 0.3) is 0 Å². The molecule has 1 fully saturated rings. The quantitative estimate of drug-likeness (QED) is 0.803. The van der Waals surface area contributed by atoms with Crippen molar-refractivity contribution in [2.75, 3.05) is 26.7 Å². The summed E-state index contributed by atoms with van der Waals surface area (Å²) in [6.07, 6.45) is 2.40. The zero-order valence-electron chi connectivity index (χ0n) is 15.3. The lowest BCUT2D eigenvalue weighted by molar-refractivity contribution is 0.218. The maximum Gasteiger partial charge on any atom is 0.315 e. The minimum atomic E-state index is -0.145. The van der Waals surface area contributed by atoms with Crippen molar-refractivity contribution in [3.63, 3.8) is 0 Å². The van der Waals surface area contributed by atoms with Crippen molar-refractivity contribution in [2.45, 2.75) is 25.4 Å². The number of carbonyl (C=O) groups is 1. The first kappa shape index (κ1) is 18.3. The molecule has 0 radical (unpaired) electrons. The summed E-state index contributed by atoms with van der Waals surface area (Å²) in [5.74, 6) is 0.871. The Balaban J connectivity index is 1.61. The fraction of sp³-hybridized carbons (Fsp3) is 0.381. The van der Waals surface area contributed by atoms with Gasteiger partial charge in [-0.1, -0.05) is 48.5 Å². The number of urea groups is 1. The zero-order chi connectivity index (χ0) is 18.2. The summed E-state index contributed by atoms with van der Waals surface area (Å²) in [5, 5.41) is 5.96. The standard InChI is InChI=1S/C21H27N3O2/c1-26-20-12-6-5-11-18(20)19(24-13-7-8-14-24)16-23-21(25)22-15-17-9-3-2-4-10-17/h2-6,9-12,19H,7-8,13-16H2,1H3,(H2,22,23,25). The fourth-order valence-electron chi connectivity index (χ4n) is 3.46. The first-order valence-electron chi connectivity index (χ1n) is 9.20. The number of rotatable bonds is 7. The Bertz CT molecular complexity index is 699. The van der Waals surface area contributed by atoms with Crippen LogP contribution in [0.5, 0.6) is 5.75 Å². The summed E-state index contributed by atoms with van der Waals surface area (Å²) in [7, 11) is 1.69. The van der Waals surface area contributed by atoms with Gasteiger partial charge in [0.1, 0.15) is 5.75 Å². The Morgan fingerprint density at radius 1 is 1.04 bits per heavy atom. The molecule has 1 atom stereocenters. The highest BCUT2D eigenvalue weighted by Crippen LogP contribution is 2.31. The number of amides is 2.